The number of hydrogen-bond acceptors (Lipinski definition) is 10. The molecule has 2 aliphatic carbocycles. The minimum absolute atomic E-state index is 0. The minimum atomic E-state index is -1.15. The lowest BCUT2D eigenvalue weighted by atomic mass is 9.83. The molecule has 78 heavy (non-hydrogen) atoms. The molecule has 18 nitrogen and oxygen atoms in total. The first-order chi connectivity index (χ1) is 36.1. The van der Waals surface area contributed by atoms with Gasteiger partial charge in [-0.25, -0.2) is 0 Å². The molecule has 3 aromatic carbocycles. The number of carbonyl (C=O) groups is 8. The molecule has 3 aromatic rings. The summed E-state index contributed by atoms with van der Waals surface area (Å²) < 4.78 is 0. The van der Waals surface area contributed by atoms with Crippen molar-refractivity contribution in [2.24, 2.45) is 17.3 Å². The van der Waals surface area contributed by atoms with Crippen molar-refractivity contribution in [3.8, 4) is 0 Å². The second-order valence-electron chi connectivity index (χ2n) is 22.6. The van der Waals surface area contributed by atoms with E-state index >= 15 is 0 Å². The zero-order valence-corrected chi connectivity index (χ0v) is 48.8. The molecule has 0 aromatic heterocycles. The Morgan fingerprint density at radius 3 is 1.90 bits per heavy atom. The monoisotopic (exact) mass is 1120 g/mol. The summed E-state index contributed by atoms with van der Waals surface area (Å²) in [5, 5.41) is 28.1. The molecule has 1 aliphatic heterocycles. The second kappa shape index (κ2) is 29.4. The van der Waals surface area contributed by atoms with Crippen molar-refractivity contribution in [2.75, 3.05) is 27.2 Å². The lowest BCUT2D eigenvalue weighted by Crippen LogP contribution is -2.61. The number of hydrogen-bond donors (Lipinski definition) is 9. The fraction of sp³-hybridized carbons (Fsp3) is 0.586. The summed E-state index contributed by atoms with van der Waals surface area (Å²) in [7, 11) is 3.36. The smallest absolute Gasteiger partial charge is 0.251 e. The minimum Gasteiger partial charge on any atom is -0.352 e. The fourth-order valence-corrected chi connectivity index (χ4v) is 10.5. The van der Waals surface area contributed by atoms with Gasteiger partial charge < -0.3 is 52.8 Å². The average Bonchev–Trinajstić information content (AvgIpc) is 3.89. The van der Waals surface area contributed by atoms with E-state index in [9.17, 15) is 38.4 Å². The number of aryl methyl sites for hydroxylation is 1. The van der Waals surface area contributed by atoms with Crippen molar-refractivity contribution in [3.05, 3.63) is 82.9 Å². The van der Waals surface area contributed by atoms with Crippen LogP contribution < -0.4 is 47.9 Å². The van der Waals surface area contributed by atoms with E-state index in [-0.39, 0.29) is 91.5 Å². The molecule has 1 heterocycles. The number of fused-ring (bicyclic) bond motifs is 2. The number of likely N-dealkylation sites (tertiary alicyclic amines) is 1. The van der Waals surface area contributed by atoms with Crippen molar-refractivity contribution in [1.82, 2.24) is 52.8 Å². The van der Waals surface area contributed by atoms with Gasteiger partial charge in [-0.1, -0.05) is 97.2 Å². The number of nitrogens with one attached hydrogen (secondary N) is 9. The second-order valence-corrected chi connectivity index (χ2v) is 22.6. The molecule has 2 fully saturated rings. The molecule has 0 spiro atoms. The average molecular weight is 1120 g/mol. The SMILES string of the molecule is CC[C@H](NC)C(=O)N[C@H](C(=O)N[C@@H](CNC(=O)c1ccc2cc(C(=O)N[C@H]3C[C@H](C(=O)N[C@@H]4CCCc5ccccc54)N(C(=O)[C@@H](NC(=O)[C@H](C)NC)C(C)(C)C)C3)ccc2c1)C(=O)N[C@H](C)C(C)C)C1CCCCC1.Cl.Cl. The molecule has 1 saturated heterocycles. The number of amides is 8. The van der Waals surface area contributed by atoms with E-state index in [0.717, 1.165) is 56.9 Å². The maximum atomic E-state index is 14.6. The van der Waals surface area contributed by atoms with Gasteiger partial charge in [0.2, 0.25) is 35.4 Å². The Bertz CT molecular complexity index is 2580. The summed E-state index contributed by atoms with van der Waals surface area (Å²) in [6, 6.07) is 12.1. The van der Waals surface area contributed by atoms with Crippen LogP contribution in [0, 0.1) is 17.3 Å². The van der Waals surface area contributed by atoms with E-state index in [1.54, 1.807) is 57.4 Å². The Balaban J connectivity index is 0.00000656. The van der Waals surface area contributed by atoms with Crippen LogP contribution in [-0.4, -0.2) is 128 Å². The molecular formula is C58H86Cl2N10O8. The molecule has 0 bridgehead atoms. The molecule has 8 amide bonds. The number of nitrogens with zero attached hydrogens (tertiary/aromatic N) is 1. The first-order valence-corrected chi connectivity index (χ1v) is 27.5. The van der Waals surface area contributed by atoms with Gasteiger partial charge in [-0.2, -0.15) is 0 Å². The first-order valence-electron chi connectivity index (χ1n) is 27.5. The molecule has 9 atom stereocenters. The lowest BCUT2D eigenvalue weighted by molar-refractivity contribution is -0.144. The van der Waals surface area contributed by atoms with Crippen molar-refractivity contribution in [1.29, 1.82) is 0 Å². The highest BCUT2D eigenvalue weighted by Gasteiger charge is 2.46. The topological polar surface area (TPSA) is 248 Å². The van der Waals surface area contributed by atoms with E-state index in [1.807, 2.05) is 66.7 Å². The summed E-state index contributed by atoms with van der Waals surface area (Å²) in [5.74, 6) is -3.25. The van der Waals surface area contributed by atoms with Crippen LogP contribution in [0.25, 0.3) is 10.8 Å². The molecule has 20 heteroatoms. The highest BCUT2D eigenvalue weighted by molar-refractivity contribution is 6.03. The number of carbonyl (C=O) groups excluding carboxylic acids is 8. The normalized spacial score (nSPS) is 19.7. The van der Waals surface area contributed by atoms with E-state index in [1.165, 1.54) is 10.5 Å². The quantitative estimate of drug-likeness (QED) is 0.0679. The Hall–Kier alpha value is -5.82. The molecule has 6 rings (SSSR count). The van der Waals surface area contributed by atoms with Gasteiger partial charge in [0.05, 0.1) is 18.1 Å². The van der Waals surface area contributed by atoms with E-state index in [2.05, 4.69) is 53.9 Å². The van der Waals surface area contributed by atoms with Crippen molar-refractivity contribution < 1.29 is 38.4 Å². The van der Waals surface area contributed by atoms with Gasteiger partial charge in [0, 0.05) is 36.3 Å². The lowest BCUT2D eigenvalue weighted by Gasteiger charge is -2.36. The van der Waals surface area contributed by atoms with Crippen LogP contribution in [0.1, 0.15) is 151 Å². The summed E-state index contributed by atoms with van der Waals surface area (Å²) >= 11 is 0. The standard InChI is InChI=1S/C58H84N10O8.2ClH/c1-11-44(60-10)53(72)66-48(37-19-13-12-14-20-37)56(75)65-46(54(73)62-34(4)33(2)3)31-61-51(70)40-26-24-39-29-41(27-25-38(39)28-40)52(71)63-42-30-47(55(74)64-45-23-17-21-36-18-15-16-22-43(36)45)68(32-42)57(76)49(58(6,7)8)67-50(69)35(5)59-9;;/h15-16,18,22,24-29,33-35,37,42,44-49,59-60H,11-14,17,19-21,23,30-32H2,1-10H3,(H,61,70)(H,62,73)(H,63,71)(H,64,74)(H,65,75)(H,66,72)(H,67,69);2*1H/t34-,35+,42+,44+,45-,46+,47-,48+,49-;;/m1../s1. The Labute approximate surface area is 473 Å². The van der Waals surface area contributed by atoms with Crippen LogP contribution in [0.3, 0.4) is 0 Å². The maximum absolute atomic E-state index is 14.6. The van der Waals surface area contributed by atoms with Gasteiger partial charge in [0.25, 0.3) is 11.8 Å². The largest absolute Gasteiger partial charge is 0.352 e. The third-order valence-electron chi connectivity index (χ3n) is 15.7. The molecule has 9 N–H and O–H groups in total. The van der Waals surface area contributed by atoms with Gasteiger partial charge in [-0.15, -0.1) is 24.8 Å². The molecular weight excluding hydrogens is 1040 g/mol. The van der Waals surface area contributed by atoms with E-state index in [0.29, 0.717) is 22.8 Å². The van der Waals surface area contributed by atoms with Gasteiger partial charge in [0.1, 0.15) is 24.2 Å². The predicted molar refractivity (Wildman–Crippen MR) is 308 cm³/mol. The van der Waals surface area contributed by atoms with E-state index in [4.69, 9.17) is 0 Å². The van der Waals surface area contributed by atoms with Crippen LogP contribution in [0.15, 0.2) is 60.7 Å². The van der Waals surface area contributed by atoms with Crippen molar-refractivity contribution in [2.45, 2.75) is 174 Å². The third-order valence-corrected chi connectivity index (χ3v) is 15.7. The van der Waals surface area contributed by atoms with Crippen LogP contribution >= 0.6 is 24.8 Å². The summed E-state index contributed by atoms with van der Waals surface area (Å²) in [6.45, 7) is 14.8. The van der Waals surface area contributed by atoms with Crippen LogP contribution in [0.5, 0.6) is 0 Å². The zero-order chi connectivity index (χ0) is 55.4. The summed E-state index contributed by atoms with van der Waals surface area (Å²) in [5.41, 5.74) is 2.13. The highest BCUT2D eigenvalue weighted by Crippen LogP contribution is 2.32. The highest BCUT2D eigenvalue weighted by atomic mass is 35.5. The Morgan fingerprint density at radius 1 is 0.667 bits per heavy atom. The number of halogens is 2. The number of rotatable bonds is 21. The molecule has 0 unspecified atom stereocenters. The predicted octanol–water partition coefficient (Wildman–Crippen LogP) is 5.15. The van der Waals surface area contributed by atoms with Gasteiger partial charge in [-0.05, 0) is 136 Å². The fourth-order valence-electron chi connectivity index (χ4n) is 10.5. The molecule has 1 saturated carbocycles. The van der Waals surface area contributed by atoms with Crippen LogP contribution in [-0.2, 0) is 35.2 Å². The van der Waals surface area contributed by atoms with Crippen molar-refractivity contribution in [3.63, 3.8) is 0 Å². The van der Waals surface area contributed by atoms with Crippen LogP contribution in [0.4, 0.5) is 0 Å². The third kappa shape index (κ3) is 16.6. The first kappa shape index (κ1) is 64.7. The Kier molecular flexibility index (Phi) is 24.4. The molecule has 430 valence electrons. The maximum Gasteiger partial charge on any atom is 0.251 e. The number of benzene rings is 3. The van der Waals surface area contributed by atoms with E-state index < -0.39 is 77.2 Å². The van der Waals surface area contributed by atoms with Gasteiger partial charge in [-0.3, -0.25) is 38.4 Å². The summed E-state index contributed by atoms with van der Waals surface area (Å²) in [4.78, 5) is 113. The molecule has 3 aliphatic rings. The summed E-state index contributed by atoms with van der Waals surface area (Å²) in [6.07, 6.45) is 7.68. The Morgan fingerprint density at radius 2 is 1.29 bits per heavy atom. The van der Waals surface area contributed by atoms with Gasteiger partial charge >= 0.3 is 0 Å². The van der Waals surface area contributed by atoms with Gasteiger partial charge in [0.15, 0.2) is 0 Å². The zero-order valence-electron chi connectivity index (χ0n) is 47.1. The number of likely N-dealkylation sites (N-methyl/N-ethyl adjacent to an activating group) is 2. The van der Waals surface area contributed by atoms with Crippen LogP contribution in [0.2, 0.25) is 0 Å². The van der Waals surface area contributed by atoms with Crippen molar-refractivity contribution >= 4 is 82.8 Å². The molecule has 0 radical (unpaired) electrons.